The number of allylic oxidation sites excluding steroid dienone is 2. The van der Waals surface area contributed by atoms with Gasteiger partial charge >= 0.3 is 5.97 Å². The Balaban J connectivity index is 1.51. The van der Waals surface area contributed by atoms with Gasteiger partial charge in [0.05, 0.1) is 10.6 Å². The highest BCUT2D eigenvalue weighted by atomic mass is 35.5. The smallest absolute Gasteiger partial charge is 0.322 e. The topological polar surface area (TPSA) is 108 Å². The van der Waals surface area contributed by atoms with E-state index in [0.717, 1.165) is 33.8 Å². The van der Waals surface area contributed by atoms with Crippen LogP contribution < -0.4 is 4.72 Å². The molecule has 2 N–H and O–H groups in total. The van der Waals surface area contributed by atoms with Gasteiger partial charge < -0.3 is 5.11 Å². The van der Waals surface area contributed by atoms with Crippen molar-refractivity contribution in [3.05, 3.63) is 89.1 Å². The first-order valence-electron chi connectivity index (χ1n) is 10.7. The van der Waals surface area contributed by atoms with Crippen molar-refractivity contribution in [2.24, 2.45) is 9.98 Å². The summed E-state index contributed by atoms with van der Waals surface area (Å²) < 4.78 is 28.1. The van der Waals surface area contributed by atoms with Gasteiger partial charge in [-0.05, 0) is 55.7 Å². The van der Waals surface area contributed by atoms with E-state index in [4.69, 9.17) is 11.6 Å². The number of fused-ring (bicyclic) bond motifs is 1. The van der Waals surface area contributed by atoms with E-state index in [1.54, 1.807) is 36.4 Å². The number of rotatable bonds is 8. The number of dihydropyridines is 1. The Hall–Kier alpha value is -3.07. The molecule has 9 heteroatoms. The Bertz CT molecular complexity index is 1350. The normalized spacial score (nSPS) is 20.6. The Morgan fingerprint density at radius 2 is 1.71 bits per heavy atom. The lowest BCUT2D eigenvalue weighted by Crippen LogP contribution is -2.42. The highest BCUT2D eigenvalue weighted by Gasteiger charge is 2.38. The van der Waals surface area contributed by atoms with E-state index in [2.05, 4.69) is 14.7 Å². The maximum absolute atomic E-state index is 12.9. The summed E-state index contributed by atoms with van der Waals surface area (Å²) in [6.45, 7) is 3.76. The van der Waals surface area contributed by atoms with Gasteiger partial charge in [0, 0.05) is 23.4 Å². The summed E-state index contributed by atoms with van der Waals surface area (Å²) in [5, 5.41) is 9.54. The number of nitrogens with one attached hydrogen (secondary N) is 1. The number of nitrogens with zero attached hydrogens (tertiary/aromatic N) is 2. The maximum atomic E-state index is 12.9. The molecule has 0 aliphatic carbocycles. The molecule has 4 rings (SSSR count). The second-order valence-corrected chi connectivity index (χ2v) is 10.7. The fraction of sp³-hybridized carbons (Fsp3) is 0.240. The fourth-order valence-corrected chi connectivity index (χ4v) is 5.66. The zero-order valence-electron chi connectivity index (χ0n) is 18.7. The van der Waals surface area contributed by atoms with Gasteiger partial charge in [-0.15, -0.1) is 0 Å². The van der Waals surface area contributed by atoms with Crippen LogP contribution in [0.25, 0.3) is 0 Å². The average Bonchev–Trinajstić information content (AvgIpc) is 3.15. The molecule has 2 atom stereocenters. The molecular weight excluding hydrogens is 474 g/mol. The Morgan fingerprint density at radius 3 is 2.35 bits per heavy atom. The molecule has 0 saturated heterocycles. The largest absolute Gasteiger partial charge is 0.480 e. The molecule has 0 bridgehead atoms. The predicted molar refractivity (Wildman–Crippen MR) is 133 cm³/mol. The number of hydrogen-bond acceptors (Lipinski definition) is 5. The van der Waals surface area contributed by atoms with Gasteiger partial charge in [-0.2, -0.15) is 4.72 Å². The van der Waals surface area contributed by atoms with Crippen molar-refractivity contribution >= 4 is 39.0 Å². The summed E-state index contributed by atoms with van der Waals surface area (Å²) in [5.41, 5.74) is 4.74. The quantitative estimate of drug-likeness (QED) is 0.426. The molecule has 176 valence electrons. The van der Waals surface area contributed by atoms with E-state index in [1.807, 2.05) is 32.1 Å². The van der Waals surface area contributed by atoms with E-state index in [9.17, 15) is 18.3 Å². The standard InChI is InChI=1S/C25H24ClN3O4S/c1-16-12-21-22(27-16)13-17(2)28-25(21,26)15-19-8-10-20(11-9-19)34(32,33)29-23(24(30)31)14-18-6-4-3-5-7-18/h3-13,23,29H,14-15H2,1-2H3,(H,30,31)/t23-,25?/m0/s1. The fourth-order valence-electron chi connectivity index (χ4n) is 4.03. The Kier molecular flexibility index (Phi) is 6.58. The number of alkyl halides is 1. The van der Waals surface area contributed by atoms with Crippen molar-refractivity contribution in [3.63, 3.8) is 0 Å². The first-order chi connectivity index (χ1) is 16.1. The lowest BCUT2D eigenvalue weighted by atomic mass is 9.94. The van der Waals surface area contributed by atoms with Crippen LogP contribution in [0.15, 0.2) is 92.9 Å². The SMILES string of the molecule is CC1=NC2=CC(C)=NC(Cl)(Cc3ccc(S(=O)(=O)N[C@@H](Cc4ccccc4)C(=O)O)cc3)C2=C1. The number of hydrogen-bond donors (Lipinski definition) is 2. The van der Waals surface area contributed by atoms with Crippen LogP contribution in [0.3, 0.4) is 0 Å². The minimum Gasteiger partial charge on any atom is -0.480 e. The second kappa shape index (κ2) is 9.29. The van der Waals surface area contributed by atoms with E-state index in [0.29, 0.717) is 6.42 Å². The third-order valence-corrected chi connectivity index (χ3v) is 7.50. The molecule has 0 saturated carbocycles. The van der Waals surface area contributed by atoms with Crippen molar-refractivity contribution in [1.29, 1.82) is 0 Å². The Labute approximate surface area is 203 Å². The van der Waals surface area contributed by atoms with Crippen molar-refractivity contribution in [2.45, 2.75) is 42.6 Å². The molecule has 2 aliphatic rings. The number of aliphatic carboxylic acids is 1. The van der Waals surface area contributed by atoms with E-state index in [1.165, 1.54) is 12.1 Å². The van der Waals surface area contributed by atoms with Crippen LogP contribution >= 0.6 is 11.6 Å². The van der Waals surface area contributed by atoms with Gasteiger partial charge in [-0.25, -0.2) is 8.42 Å². The van der Waals surface area contributed by atoms with E-state index < -0.39 is 27.0 Å². The van der Waals surface area contributed by atoms with Crippen LogP contribution in [0.4, 0.5) is 0 Å². The number of carbonyl (C=O) groups is 1. The summed E-state index contributed by atoms with van der Waals surface area (Å²) in [5.74, 6) is -1.25. The zero-order valence-corrected chi connectivity index (χ0v) is 20.3. The summed E-state index contributed by atoms with van der Waals surface area (Å²) in [6, 6.07) is 13.8. The summed E-state index contributed by atoms with van der Waals surface area (Å²) in [6.07, 6.45) is 4.18. The molecule has 34 heavy (non-hydrogen) atoms. The van der Waals surface area contributed by atoms with Gasteiger partial charge in [0.1, 0.15) is 6.04 Å². The first kappa shape index (κ1) is 24.1. The van der Waals surface area contributed by atoms with Crippen LogP contribution in [0.5, 0.6) is 0 Å². The third kappa shape index (κ3) is 5.19. The van der Waals surface area contributed by atoms with Gasteiger partial charge in [-0.3, -0.25) is 14.8 Å². The van der Waals surface area contributed by atoms with Gasteiger partial charge in [0.25, 0.3) is 0 Å². The molecule has 0 radical (unpaired) electrons. The summed E-state index contributed by atoms with van der Waals surface area (Å²) in [4.78, 5) is 19.8. The molecule has 2 heterocycles. The van der Waals surface area contributed by atoms with Crippen molar-refractivity contribution in [1.82, 2.24) is 4.72 Å². The highest BCUT2D eigenvalue weighted by Crippen LogP contribution is 2.41. The van der Waals surface area contributed by atoms with Crippen LogP contribution in [0.1, 0.15) is 25.0 Å². The number of halogens is 1. The number of carboxylic acid groups (broad SMARTS) is 1. The highest BCUT2D eigenvalue weighted by molar-refractivity contribution is 7.89. The number of aliphatic imine (C=N–C) groups is 2. The zero-order chi connectivity index (χ0) is 24.5. The van der Waals surface area contributed by atoms with Crippen molar-refractivity contribution < 1.29 is 18.3 Å². The number of sulfonamides is 1. The second-order valence-electron chi connectivity index (χ2n) is 8.38. The van der Waals surface area contributed by atoms with E-state index in [-0.39, 0.29) is 11.3 Å². The monoisotopic (exact) mass is 497 g/mol. The number of carboxylic acids is 1. The van der Waals surface area contributed by atoms with Gasteiger partial charge in [0.2, 0.25) is 10.0 Å². The van der Waals surface area contributed by atoms with Crippen LogP contribution in [0.2, 0.25) is 0 Å². The molecule has 7 nitrogen and oxygen atoms in total. The van der Waals surface area contributed by atoms with Crippen molar-refractivity contribution in [2.75, 3.05) is 0 Å². The molecule has 2 aromatic rings. The molecule has 2 aliphatic heterocycles. The average molecular weight is 498 g/mol. The summed E-state index contributed by atoms with van der Waals surface area (Å²) >= 11 is 6.92. The molecule has 2 aromatic carbocycles. The van der Waals surface area contributed by atoms with Crippen LogP contribution in [-0.2, 0) is 27.7 Å². The Morgan fingerprint density at radius 1 is 1.03 bits per heavy atom. The molecule has 0 spiro atoms. The minimum absolute atomic E-state index is 0.0256. The lowest BCUT2D eigenvalue weighted by molar-refractivity contribution is -0.138. The minimum atomic E-state index is -4.05. The number of benzene rings is 2. The van der Waals surface area contributed by atoms with Gasteiger partial charge in [-0.1, -0.05) is 54.1 Å². The maximum Gasteiger partial charge on any atom is 0.322 e. The molecule has 0 fully saturated rings. The van der Waals surface area contributed by atoms with Gasteiger partial charge in [0.15, 0.2) is 5.00 Å². The van der Waals surface area contributed by atoms with Crippen molar-refractivity contribution in [3.8, 4) is 0 Å². The predicted octanol–water partition coefficient (Wildman–Crippen LogP) is 3.90. The van der Waals surface area contributed by atoms with Crippen LogP contribution in [-0.4, -0.2) is 42.0 Å². The van der Waals surface area contributed by atoms with E-state index >= 15 is 0 Å². The molecular formula is C25H24ClN3O4S. The molecule has 0 amide bonds. The first-order valence-corrected chi connectivity index (χ1v) is 12.5. The summed E-state index contributed by atoms with van der Waals surface area (Å²) in [7, 11) is -4.05. The molecule has 0 aromatic heterocycles. The third-order valence-electron chi connectivity index (χ3n) is 5.59. The van der Waals surface area contributed by atoms with Crippen LogP contribution in [0, 0.1) is 0 Å². The lowest BCUT2D eigenvalue weighted by Gasteiger charge is -2.28. The molecule has 1 unspecified atom stereocenters.